The Bertz CT molecular complexity index is 1210. The topological polar surface area (TPSA) is 113 Å². The van der Waals surface area contributed by atoms with E-state index in [1.165, 1.54) is 0 Å². The summed E-state index contributed by atoms with van der Waals surface area (Å²) in [7, 11) is -6.35. The van der Waals surface area contributed by atoms with Gasteiger partial charge < -0.3 is 9.92 Å². The average molecular weight is 445 g/mol. The highest BCUT2D eigenvalue weighted by Gasteiger charge is 2.49. The molecule has 0 aliphatic carbocycles. The molecule has 2 N–H and O–H groups in total. The maximum absolute atomic E-state index is 13.9. The van der Waals surface area contributed by atoms with Crippen molar-refractivity contribution in [1.82, 2.24) is 19.7 Å². The first-order valence-corrected chi connectivity index (χ1v) is 8.51. The molecule has 2 aromatic heterocycles. The zero-order chi connectivity index (χ0) is 21.7. The third kappa shape index (κ3) is 3.50. The van der Waals surface area contributed by atoms with Crippen molar-refractivity contribution in [3.8, 4) is 11.4 Å². The first-order valence-electron chi connectivity index (χ1n) is 7.11. The second-order valence-corrected chi connectivity index (χ2v) is 6.82. The zero-order valence-corrected chi connectivity index (χ0v) is 14.3. The quantitative estimate of drug-likeness (QED) is 0.373. The molecule has 0 aliphatic heterocycles. The van der Waals surface area contributed by atoms with Crippen molar-refractivity contribution < 1.29 is 43.3 Å². The van der Waals surface area contributed by atoms with Crippen LogP contribution in [0.5, 0.6) is 5.75 Å². The van der Waals surface area contributed by atoms with Gasteiger partial charge >= 0.3 is 15.6 Å². The van der Waals surface area contributed by atoms with E-state index in [-0.39, 0.29) is 0 Å². The Balaban J connectivity index is 2.24. The van der Waals surface area contributed by atoms with Gasteiger partial charge in [-0.25, -0.2) is 27.8 Å². The molecule has 0 fully saturated rings. The first kappa shape index (κ1) is 20.6. The lowest BCUT2D eigenvalue weighted by Crippen LogP contribution is -2.28. The predicted molar refractivity (Wildman–Crippen MR) is 81.5 cm³/mol. The maximum Gasteiger partial charge on any atom is 0.534 e. The standard InChI is InChI=1S/C13H6F7N5O3S/c14-5-1-4(2-6(8(5)15)28-29(26,27)13(18,19)20)25-12-7(9(24-25)10(16)17)11(21)22-3-23-12/h1-3,10H,(H2,21,22,23). The van der Waals surface area contributed by atoms with Crippen LogP contribution in [0.4, 0.5) is 36.6 Å². The molecule has 3 aromatic rings. The van der Waals surface area contributed by atoms with Gasteiger partial charge in [-0.3, -0.25) is 0 Å². The second-order valence-electron chi connectivity index (χ2n) is 5.28. The van der Waals surface area contributed by atoms with E-state index < -0.39 is 67.7 Å². The van der Waals surface area contributed by atoms with Gasteiger partial charge in [0.25, 0.3) is 6.43 Å². The van der Waals surface area contributed by atoms with E-state index in [2.05, 4.69) is 19.2 Å². The Morgan fingerprint density at radius 1 is 1.14 bits per heavy atom. The van der Waals surface area contributed by atoms with Crippen LogP contribution < -0.4 is 9.92 Å². The van der Waals surface area contributed by atoms with Crippen LogP contribution in [0.15, 0.2) is 18.5 Å². The number of hydrogen-bond donors (Lipinski definition) is 1. The third-order valence-corrected chi connectivity index (χ3v) is 4.40. The van der Waals surface area contributed by atoms with E-state index in [1.54, 1.807) is 0 Å². The molecule has 0 amide bonds. The van der Waals surface area contributed by atoms with Crippen molar-refractivity contribution in [1.29, 1.82) is 0 Å². The molecule has 29 heavy (non-hydrogen) atoms. The van der Waals surface area contributed by atoms with Crippen molar-refractivity contribution >= 4 is 27.0 Å². The Morgan fingerprint density at radius 3 is 2.38 bits per heavy atom. The molecule has 0 bridgehead atoms. The fourth-order valence-corrected chi connectivity index (χ4v) is 2.68. The molecule has 2 heterocycles. The van der Waals surface area contributed by atoms with Gasteiger partial charge in [-0.15, -0.1) is 0 Å². The minimum atomic E-state index is -6.35. The first-order chi connectivity index (χ1) is 13.3. The van der Waals surface area contributed by atoms with Crippen molar-refractivity contribution in [3.05, 3.63) is 35.8 Å². The highest BCUT2D eigenvalue weighted by molar-refractivity contribution is 7.88. The van der Waals surface area contributed by atoms with Crippen LogP contribution in [0.2, 0.25) is 0 Å². The monoisotopic (exact) mass is 445 g/mol. The minimum Gasteiger partial charge on any atom is -0.383 e. The molecule has 3 rings (SSSR count). The summed E-state index contributed by atoms with van der Waals surface area (Å²) in [5.74, 6) is -6.03. The van der Waals surface area contributed by atoms with Gasteiger partial charge in [-0.1, -0.05) is 0 Å². The van der Waals surface area contributed by atoms with Crippen LogP contribution in [0.3, 0.4) is 0 Å². The highest BCUT2D eigenvalue weighted by Crippen LogP contribution is 2.34. The molecular formula is C13H6F7N5O3S. The molecule has 1 aromatic carbocycles. The summed E-state index contributed by atoms with van der Waals surface area (Å²) < 4.78 is 118. The smallest absolute Gasteiger partial charge is 0.383 e. The van der Waals surface area contributed by atoms with Crippen LogP contribution in [0, 0.1) is 11.6 Å². The molecule has 156 valence electrons. The molecule has 0 aliphatic rings. The molecule has 0 radical (unpaired) electrons. The molecular weight excluding hydrogens is 439 g/mol. The Morgan fingerprint density at radius 2 is 1.79 bits per heavy atom. The lowest BCUT2D eigenvalue weighted by atomic mass is 10.2. The fourth-order valence-electron chi connectivity index (χ4n) is 2.23. The summed E-state index contributed by atoms with van der Waals surface area (Å²) in [5, 5.41) is 3.00. The van der Waals surface area contributed by atoms with Crippen molar-refractivity contribution in [3.63, 3.8) is 0 Å². The van der Waals surface area contributed by atoms with Gasteiger partial charge in [0.15, 0.2) is 17.2 Å². The highest BCUT2D eigenvalue weighted by atomic mass is 32.2. The second kappa shape index (κ2) is 6.71. The number of hydrogen-bond acceptors (Lipinski definition) is 7. The number of benzene rings is 1. The number of halogens is 7. The Labute approximate surface area is 155 Å². The van der Waals surface area contributed by atoms with Crippen LogP contribution >= 0.6 is 0 Å². The lowest BCUT2D eigenvalue weighted by Gasteiger charge is -2.12. The van der Waals surface area contributed by atoms with E-state index in [9.17, 15) is 39.2 Å². The molecule has 0 saturated carbocycles. The summed E-state index contributed by atoms with van der Waals surface area (Å²) >= 11 is 0. The number of nitrogen functional groups attached to an aromatic ring is 1. The summed E-state index contributed by atoms with van der Waals surface area (Å²) in [6.07, 6.45) is -2.38. The van der Waals surface area contributed by atoms with Gasteiger partial charge in [0.2, 0.25) is 5.82 Å². The average Bonchev–Trinajstić information content (AvgIpc) is 2.99. The number of aromatic nitrogens is 4. The number of fused-ring (bicyclic) bond motifs is 1. The van der Waals surface area contributed by atoms with Crippen LogP contribution in [-0.2, 0) is 10.1 Å². The molecule has 0 saturated heterocycles. The van der Waals surface area contributed by atoms with Gasteiger partial charge in [0.05, 0.1) is 11.1 Å². The van der Waals surface area contributed by atoms with Gasteiger partial charge in [-0.05, 0) is 0 Å². The van der Waals surface area contributed by atoms with E-state index in [1.807, 2.05) is 0 Å². The van der Waals surface area contributed by atoms with Gasteiger partial charge in [-0.2, -0.15) is 31.1 Å². The minimum absolute atomic E-state index is 0.307. The van der Waals surface area contributed by atoms with Crippen molar-refractivity contribution in [2.45, 2.75) is 11.9 Å². The number of alkyl halides is 5. The SMILES string of the molecule is Nc1ncnc2c1c(C(F)F)nn2-c1cc(F)c(F)c(OS(=O)(=O)C(F)(F)F)c1. The lowest BCUT2D eigenvalue weighted by molar-refractivity contribution is -0.0501. The van der Waals surface area contributed by atoms with E-state index in [4.69, 9.17) is 5.73 Å². The molecule has 0 spiro atoms. The molecule has 0 atom stereocenters. The van der Waals surface area contributed by atoms with Crippen LogP contribution in [0.25, 0.3) is 16.7 Å². The summed E-state index contributed by atoms with van der Waals surface area (Å²) in [6.45, 7) is 0. The maximum atomic E-state index is 13.9. The van der Waals surface area contributed by atoms with Crippen molar-refractivity contribution in [2.75, 3.05) is 5.73 Å². The van der Waals surface area contributed by atoms with E-state index in [0.717, 1.165) is 6.33 Å². The number of nitrogens with two attached hydrogens (primary N) is 1. The van der Waals surface area contributed by atoms with E-state index >= 15 is 0 Å². The molecule has 8 nitrogen and oxygen atoms in total. The largest absolute Gasteiger partial charge is 0.534 e. The third-order valence-electron chi connectivity index (χ3n) is 3.43. The summed E-state index contributed by atoms with van der Waals surface area (Å²) in [6, 6.07) is 0.657. The normalized spacial score (nSPS) is 12.7. The summed E-state index contributed by atoms with van der Waals surface area (Å²) in [4.78, 5) is 7.14. The number of nitrogens with zero attached hydrogens (tertiary/aromatic N) is 4. The number of anilines is 1. The zero-order valence-electron chi connectivity index (χ0n) is 13.5. The number of rotatable bonds is 4. The summed E-state index contributed by atoms with van der Waals surface area (Å²) in [5.41, 5.74) is -2.49. The Hall–Kier alpha value is -3.17. The van der Waals surface area contributed by atoms with Crippen molar-refractivity contribution in [2.24, 2.45) is 0 Å². The fraction of sp³-hybridized carbons (Fsp3) is 0.154. The van der Waals surface area contributed by atoms with E-state index in [0.29, 0.717) is 16.8 Å². The van der Waals surface area contributed by atoms with Crippen LogP contribution in [0.1, 0.15) is 12.1 Å². The van der Waals surface area contributed by atoms with Gasteiger partial charge in [0, 0.05) is 12.1 Å². The van der Waals surface area contributed by atoms with Crippen LogP contribution in [-0.4, -0.2) is 33.7 Å². The van der Waals surface area contributed by atoms with Gasteiger partial charge in [0.1, 0.15) is 17.8 Å². The predicted octanol–water partition coefficient (Wildman–Crippen LogP) is 2.84. The molecule has 0 unspecified atom stereocenters. The molecule has 16 heteroatoms. The Kier molecular flexibility index (Phi) is 4.76.